The zero-order chi connectivity index (χ0) is 14.2. The average molecular weight is 280 g/mol. The van der Waals surface area contributed by atoms with E-state index >= 15 is 0 Å². The minimum Gasteiger partial charge on any atom is -0.316 e. The summed E-state index contributed by atoms with van der Waals surface area (Å²) in [7, 11) is 0. The molecule has 2 rings (SSSR count). The normalized spacial score (nSPS) is 32.2. The molecule has 1 aliphatic carbocycles. The SMILES string of the molecule is CCCN(CC1CCCNC1)C1CCCC(CC)CC1. The lowest BCUT2D eigenvalue weighted by molar-refractivity contribution is 0.140. The minimum atomic E-state index is 0.883. The lowest BCUT2D eigenvalue weighted by Crippen LogP contribution is -2.43. The third-order valence-electron chi connectivity index (χ3n) is 5.55. The van der Waals surface area contributed by atoms with Crippen LogP contribution < -0.4 is 5.32 Å². The minimum absolute atomic E-state index is 0.883. The molecule has 0 bridgehead atoms. The molecule has 3 atom stereocenters. The van der Waals surface area contributed by atoms with Crippen molar-refractivity contribution >= 4 is 0 Å². The summed E-state index contributed by atoms with van der Waals surface area (Å²) < 4.78 is 0. The molecule has 1 aliphatic heterocycles. The molecule has 0 aromatic carbocycles. The number of piperidine rings is 1. The first kappa shape index (κ1) is 16.3. The summed E-state index contributed by atoms with van der Waals surface area (Å²) in [6.45, 7) is 9.89. The lowest BCUT2D eigenvalue weighted by Gasteiger charge is -2.35. The predicted octanol–water partition coefficient (Wildman–Crippen LogP) is 4.06. The van der Waals surface area contributed by atoms with Gasteiger partial charge in [-0.05, 0) is 70.0 Å². The van der Waals surface area contributed by atoms with Gasteiger partial charge in [0.25, 0.3) is 0 Å². The average Bonchev–Trinajstić information content (AvgIpc) is 2.73. The standard InChI is InChI=1S/C18H36N2/c1-3-13-20(15-17-8-6-12-19-14-17)18-9-5-7-16(4-2)10-11-18/h16-19H,3-15H2,1-2H3. The fourth-order valence-electron chi connectivity index (χ4n) is 4.25. The topological polar surface area (TPSA) is 15.3 Å². The van der Waals surface area contributed by atoms with Crippen molar-refractivity contribution < 1.29 is 0 Å². The maximum Gasteiger partial charge on any atom is 0.00954 e. The van der Waals surface area contributed by atoms with Gasteiger partial charge < -0.3 is 10.2 Å². The first-order valence-corrected chi connectivity index (χ1v) is 9.28. The van der Waals surface area contributed by atoms with Crippen LogP contribution in [0.2, 0.25) is 0 Å². The van der Waals surface area contributed by atoms with Gasteiger partial charge in [0.15, 0.2) is 0 Å². The van der Waals surface area contributed by atoms with E-state index in [1.54, 1.807) is 0 Å². The zero-order valence-electron chi connectivity index (χ0n) is 13.9. The highest BCUT2D eigenvalue weighted by Crippen LogP contribution is 2.29. The summed E-state index contributed by atoms with van der Waals surface area (Å²) in [6.07, 6.45) is 12.9. The Morgan fingerprint density at radius 2 is 1.80 bits per heavy atom. The Labute approximate surface area is 126 Å². The van der Waals surface area contributed by atoms with E-state index in [1.165, 1.54) is 84.0 Å². The van der Waals surface area contributed by atoms with Crippen molar-refractivity contribution in [1.29, 1.82) is 0 Å². The van der Waals surface area contributed by atoms with Gasteiger partial charge in [-0.2, -0.15) is 0 Å². The Morgan fingerprint density at radius 3 is 2.50 bits per heavy atom. The molecule has 118 valence electrons. The Morgan fingerprint density at radius 1 is 0.950 bits per heavy atom. The Hall–Kier alpha value is -0.0800. The van der Waals surface area contributed by atoms with E-state index in [9.17, 15) is 0 Å². The number of hydrogen-bond acceptors (Lipinski definition) is 2. The number of nitrogens with one attached hydrogen (secondary N) is 1. The molecule has 0 spiro atoms. The monoisotopic (exact) mass is 280 g/mol. The molecule has 0 aromatic heterocycles. The molecule has 1 heterocycles. The van der Waals surface area contributed by atoms with Crippen LogP contribution in [0, 0.1) is 11.8 Å². The molecule has 1 saturated heterocycles. The first-order chi connectivity index (χ1) is 9.83. The van der Waals surface area contributed by atoms with E-state index in [2.05, 4.69) is 24.1 Å². The number of rotatable bonds is 6. The van der Waals surface area contributed by atoms with Crippen molar-refractivity contribution in [1.82, 2.24) is 10.2 Å². The smallest absolute Gasteiger partial charge is 0.00954 e. The summed E-state index contributed by atoms with van der Waals surface area (Å²) in [5, 5.41) is 3.59. The van der Waals surface area contributed by atoms with Gasteiger partial charge in [-0.3, -0.25) is 0 Å². The van der Waals surface area contributed by atoms with Crippen molar-refractivity contribution in [3.8, 4) is 0 Å². The number of hydrogen-bond donors (Lipinski definition) is 1. The second kappa shape index (κ2) is 9.04. The summed E-state index contributed by atoms with van der Waals surface area (Å²) in [5.74, 6) is 1.92. The fraction of sp³-hybridized carbons (Fsp3) is 1.00. The summed E-state index contributed by atoms with van der Waals surface area (Å²) in [5.41, 5.74) is 0. The van der Waals surface area contributed by atoms with E-state index in [1.807, 2.05) is 0 Å². The van der Waals surface area contributed by atoms with E-state index in [0.717, 1.165) is 17.9 Å². The highest BCUT2D eigenvalue weighted by Gasteiger charge is 2.25. The molecule has 2 heteroatoms. The molecular weight excluding hydrogens is 244 g/mol. The third kappa shape index (κ3) is 5.04. The van der Waals surface area contributed by atoms with Crippen molar-refractivity contribution in [2.75, 3.05) is 26.2 Å². The first-order valence-electron chi connectivity index (χ1n) is 9.28. The molecule has 3 unspecified atom stereocenters. The largest absolute Gasteiger partial charge is 0.316 e. The van der Waals surface area contributed by atoms with Gasteiger partial charge in [-0.15, -0.1) is 0 Å². The van der Waals surface area contributed by atoms with Gasteiger partial charge in [0.1, 0.15) is 0 Å². The molecule has 0 radical (unpaired) electrons. The third-order valence-corrected chi connectivity index (χ3v) is 5.55. The lowest BCUT2D eigenvalue weighted by atomic mass is 9.96. The molecule has 1 N–H and O–H groups in total. The second-order valence-electron chi connectivity index (χ2n) is 7.14. The molecule has 1 saturated carbocycles. The number of nitrogens with zero attached hydrogens (tertiary/aromatic N) is 1. The van der Waals surface area contributed by atoms with Gasteiger partial charge in [-0.1, -0.05) is 33.1 Å². The van der Waals surface area contributed by atoms with Gasteiger partial charge in [-0.25, -0.2) is 0 Å². The van der Waals surface area contributed by atoms with Crippen LogP contribution in [0.4, 0.5) is 0 Å². The highest BCUT2D eigenvalue weighted by atomic mass is 15.2. The van der Waals surface area contributed by atoms with E-state index in [-0.39, 0.29) is 0 Å². The van der Waals surface area contributed by atoms with Crippen LogP contribution in [-0.2, 0) is 0 Å². The van der Waals surface area contributed by atoms with Crippen LogP contribution >= 0.6 is 0 Å². The van der Waals surface area contributed by atoms with Crippen LogP contribution in [0.5, 0.6) is 0 Å². The molecule has 2 fully saturated rings. The molecule has 2 aliphatic rings. The van der Waals surface area contributed by atoms with Crippen molar-refractivity contribution in [3.63, 3.8) is 0 Å². The van der Waals surface area contributed by atoms with Gasteiger partial charge in [0.2, 0.25) is 0 Å². The van der Waals surface area contributed by atoms with Gasteiger partial charge in [0.05, 0.1) is 0 Å². The van der Waals surface area contributed by atoms with Crippen molar-refractivity contribution in [2.45, 2.75) is 77.7 Å². The summed E-state index contributed by atoms with van der Waals surface area (Å²) >= 11 is 0. The summed E-state index contributed by atoms with van der Waals surface area (Å²) in [6, 6.07) is 0.883. The molecule has 0 aromatic rings. The van der Waals surface area contributed by atoms with E-state index in [0.29, 0.717) is 0 Å². The van der Waals surface area contributed by atoms with Gasteiger partial charge in [0, 0.05) is 12.6 Å². The van der Waals surface area contributed by atoms with Crippen LogP contribution in [0.15, 0.2) is 0 Å². The van der Waals surface area contributed by atoms with Crippen LogP contribution in [0.1, 0.15) is 71.6 Å². The van der Waals surface area contributed by atoms with Crippen LogP contribution in [-0.4, -0.2) is 37.1 Å². The van der Waals surface area contributed by atoms with Crippen molar-refractivity contribution in [3.05, 3.63) is 0 Å². The van der Waals surface area contributed by atoms with Crippen LogP contribution in [0.25, 0.3) is 0 Å². The van der Waals surface area contributed by atoms with E-state index in [4.69, 9.17) is 0 Å². The Balaban J connectivity index is 1.85. The second-order valence-corrected chi connectivity index (χ2v) is 7.14. The zero-order valence-corrected chi connectivity index (χ0v) is 13.9. The molecule has 2 nitrogen and oxygen atoms in total. The molecule has 0 amide bonds. The molecular formula is C18H36N2. The fourth-order valence-corrected chi connectivity index (χ4v) is 4.25. The highest BCUT2D eigenvalue weighted by molar-refractivity contribution is 4.81. The predicted molar refractivity (Wildman–Crippen MR) is 88.1 cm³/mol. The Kier molecular flexibility index (Phi) is 7.37. The summed E-state index contributed by atoms with van der Waals surface area (Å²) in [4.78, 5) is 2.86. The van der Waals surface area contributed by atoms with Crippen molar-refractivity contribution in [2.24, 2.45) is 11.8 Å². The van der Waals surface area contributed by atoms with Gasteiger partial charge >= 0.3 is 0 Å². The molecule has 20 heavy (non-hydrogen) atoms. The van der Waals surface area contributed by atoms with Crippen LogP contribution in [0.3, 0.4) is 0 Å². The maximum atomic E-state index is 3.59. The van der Waals surface area contributed by atoms with E-state index < -0.39 is 0 Å². The quantitative estimate of drug-likeness (QED) is 0.738. The maximum absolute atomic E-state index is 3.59. The Bertz CT molecular complexity index is 248.